The molecule has 0 radical (unpaired) electrons. The predicted molar refractivity (Wildman–Crippen MR) is 68.9 cm³/mol. The first-order chi connectivity index (χ1) is 9.13. The van der Waals surface area contributed by atoms with E-state index in [2.05, 4.69) is 15.1 Å². The van der Waals surface area contributed by atoms with Crippen molar-refractivity contribution in [2.24, 2.45) is 12.2 Å². The van der Waals surface area contributed by atoms with Gasteiger partial charge in [-0.25, -0.2) is 4.68 Å². The minimum Gasteiger partial charge on any atom is -0.351 e. The van der Waals surface area contributed by atoms with Gasteiger partial charge in [-0.05, 0) is 24.8 Å². The van der Waals surface area contributed by atoms with E-state index in [0.29, 0.717) is 25.3 Å². The first-order valence-corrected chi connectivity index (χ1v) is 6.09. The van der Waals surface area contributed by atoms with Gasteiger partial charge < -0.3 is 4.90 Å². The lowest BCUT2D eigenvalue weighted by Gasteiger charge is -2.21. The normalized spacial score (nSPS) is 19.6. The topological polar surface area (TPSA) is 113 Å². The summed E-state index contributed by atoms with van der Waals surface area (Å²) < 4.78 is 1.52. The lowest BCUT2D eigenvalue weighted by atomic mass is 10.1. The Labute approximate surface area is 109 Å². The van der Waals surface area contributed by atoms with Crippen molar-refractivity contribution in [3.05, 3.63) is 26.8 Å². The van der Waals surface area contributed by atoms with Crippen LogP contribution in [0, 0.1) is 10.1 Å². The second-order valence-electron chi connectivity index (χ2n) is 4.51. The van der Waals surface area contributed by atoms with E-state index in [1.807, 2.05) is 4.90 Å². The Morgan fingerprint density at radius 3 is 3.05 bits per heavy atom. The number of nitro groups is 1. The second kappa shape index (κ2) is 5.57. The quantitative estimate of drug-likeness (QED) is 0.273. The summed E-state index contributed by atoms with van der Waals surface area (Å²) in [7, 11) is 1.69. The third-order valence-corrected chi connectivity index (χ3v) is 3.30. The molecule has 1 aliphatic heterocycles. The predicted octanol–water partition coefficient (Wildman–Crippen LogP) is 2.00. The maximum absolute atomic E-state index is 11.0. The Morgan fingerprint density at radius 2 is 2.37 bits per heavy atom. The molecule has 0 amide bonds. The summed E-state index contributed by atoms with van der Waals surface area (Å²) in [6.45, 7) is 1.34. The van der Waals surface area contributed by atoms with E-state index < -0.39 is 4.92 Å². The summed E-state index contributed by atoms with van der Waals surface area (Å²) in [5.74, 6) is 0.520. The van der Waals surface area contributed by atoms with Crippen LogP contribution in [-0.2, 0) is 7.05 Å². The maximum Gasteiger partial charge on any atom is 0.331 e. The molecule has 9 nitrogen and oxygen atoms in total. The Balaban J connectivity index is 2.20. The number of hydrogen-bond acceptors (Lipinski definition) is 5. The summed E-state index contributed by atoms with van der Waals surface area (Å²) in [5, 5.41) is 18.7. The molecule has 9 heteroatoms. The van der Waals surface area contributed by atoms with Gasteiger partial charge in [-0.2, -0.15) is 5.10 Å². The van der Waals surface area contributed by atoms with E-state index in [0.717, 1.165) is 12.8 Å². The molecule has 1 saturated heterocycles. The van der Waals surface area contributed by atoms with E-state index in [4.69, 9.17) is 5.53 Å². The largest absolute Gasteiger partial charge is 0.351 e. The molecule has 1 aliphatic rings. The van der Waals surface area contributed by atoms with E-state index in [9.17, 15) is 10.1 Å². The second-order valence-corrected chi connectivity index (χ2v) is 4.51. The fraction of sp³-hybridized carbons (Fsp3) is 0.700. The lowest BCUT2D eigenvalue weighted by molar-refractivity contribution is -0.384. The van der Waals surface area contributed by atoms with Gasteiger partial charge in [0.15, 0.2) is 0 Å². The van der Waals surface area contributed by atoms with E-state index in [1.54, 1.807) is 7.05 Å². The van der Waals surface area contributed by atoms with Crippen LogP contribution in [0.5, 0.6) is 0 Å². The fourth-order valence-corrected chi connectivity index (χ4v) is 2.39. The molecular weight excluding hydrogens is 250 g/mol. The first-order valence-electron chi connectivity index (χ1n) is 6.09. The van der Waals surface area contributed by atoms with Gasteiger partial charge in [-0.1, -0.05) is 5.11 Å². The van der Waals surface area contributed by atoms with Crippen LogP contribution in [0.1, 0.15) is 19.3 Å². The summed E-state index contributed by atoms with van der Waals surface area (Å²) in [4.78, 5) is 15.3. The van der Waals surface area contributed by atoms with Gasteiger partial charge in [-0.15, -0.1) is 0 Å². The van der Waals surface area contributed by atoms with Crippen LogP contribution in [0.4, 0.5) is 11.5 Å². The number of azide groups is 1. The smallest absolute Gasteiger partial charge is 0.331 e. The minimum absolute atomic E-state index is 0.0183. The standard InChI is InChI=1S/C10H15N7O2/c1-15-10(9(7-12-15)17(18)19)16-5-2-3-8(4-6-16)13-14-11/h7-8H,2-6H2,1H3. The first kappa shape index (κ1) is 13.2. The Morgan fingerprint density at radius 1 is 1.58 bits per heavy atom. The maximum atomic E-state index is 11.0. The highest BCUT2D eigenvalue weighted by Gasteiger charge is 2.26. The van der Waals surface area contributed by atoms with Crippen LogP contribution in [0.3, 0.4) is 0 Å². The lowest BCUT2D eigenvalue weighted by Crippen LogP contribution is -2.27. The van der Waals surface area contributed by atoms with Crippen molar-refractivity contribution in [3.8, 4) is 0 Å². The molecule has 19 heavy (non-hydrogen) atoms. The number of hydrogen-bond donors (Lipinski definition) is 0. The molecule has 1 aromatic heterocycles. The SMILES string of the molecule is Cn1ncc([N+](=O)[O-])c1N1CCCC(N=[N+]=[N-])CC1. The van der Waals surface area contributed by atoms with Gasteiger partial charge >= 0.3 is 5.69 Å². The highest BCUT2D eigenvalue weighted by molar-refractivity contribution is 5.57. The molecule has 0 aliphatic carbocycles. The van der Waals surface area contributed by atoms with Crippen molar-refractivity contribution < 1.29 is 4.92 Å². The van der Waals surface area contributed by atoms with Crippen molar-refractivity contribution in [2.75, 3.05) is 18.0 Å². The average molecular weight is 265 g/mol. The van der Waals surface area contributed by atoms with E-state index >= 15 is 0 Å². The van der Waals surface area contributed by atoms with Crippen molar-refractivity contribution in [1.82, 2.24) is 9.78 Å². The van der Waals surface area contributed by atoms with Crippen molar-refractivity contribution in [1.29, 1.82) is 0 Å². The molecule has 1 fully saturated rings. The fourth-order valence-electron chi connectivity index (χ4n) is 2.39. The molecule has 1 unspecified atom stereocenters. The minimum atomic E-state index is -0.419. The zero-order chi connectivity index (χ0) is 13.8. The third-order valence-electron chi connectivity index (χ3n) is 3.30. The number of rotatable bonds is 3. The highest BCUT2D eigenvalue weighted by atomic mass is 16.6. The van der Waals surface area contributed by atoms with Crippen molar-refractivity contribution in [2.45, 2.75) is 25.3 Å². The molecule has 0 N–H and O–H groups in total. The van der Waals surface area contributed by atoms with Crippen LogP contribution >= 0.6 is 0 Å². The molecule has 0 saturated carbocycles. The van der Waals surface area contributed by atoms with Gasteiger partial charge in [0, 0.05) is 31.1 Å². The third kappa shape index (κ3) is 2.76. The van der Waals surface area contributed by atoms with Gasteiger partial charge in [0.1, 0.15) is 6.20 Å². The van der Waals surface area contributed by atoms with Crippen LogP contribution in [0.2, 0.25) is 0 Å². The number of aromatic nitrogens is 2. The molecule has 0 aromatic carbocycles. The van der Waals surface area contributed by atoms with E-state index in [-0.39, 0.29) is 11.7 Å². The molecule has 0 bridgehead atoms. The molecule has 2 rings (SSSR count). The number of anilines is 1. The van der Waals surface area contributed by atoms with Crippen LogP contribution in [0.25, 0.3) is 10.4 Å². The van der Waals surface area contributed by atoms with Gasteiger partial charge in [0.05, 0.1) is 4.92 Å². The van der Waals surface area contributed by atoms with Crippen LogP contribution in [0.15, 0.2) is 11.3 Å². The monoisotopic (exact) mass is 265 g/mol. The zero-order valence-corrected chi connectivity index (χ0v) is 10.6. The molecule has 102 valence electrons. The molecule has 0 spiro atoms. The number of nitrogens with zero attached hydrogens (tertiary/aromatic N) is 7. The Kier molecular flexibility index (Phi) is 3.86. The highest BCUT2D eigenvalue weighted by Crippen LogP contribution is 2.29. The summed E-state index contributed by atoms with van der Waals surface area (Å²) in [6, 6.07) is -0.0257. The molecular formula is C10H15N7O2. The van der Waals surface area contributed by atoms with E-state index in [1.165, 1.54) is 10.9 Å². The molecule has 2 heterocycles. The van der Waals surface area contributed by atoms with Gasteiger partial charge in [-0.3, -0.25) is 10.1 Å². The van der Waals surface area contributed by atoms with Crippen LogP contribution < -0.4 is 4.90 Å². The number of aryl methyl sites for hydroxylation is 1. The van der Waals surface area contributed by atoms with Crippen molar-refractivity contribution >= 4 is 11.5 Å². The Hall–Kier alpha value is -2.28. The summed E-state index contributed by atoms with van der Waals surface area (Å²) in [5.41, 5.74) is 8.48. The van der Waals surface area contributed by atoms with Gasteiger partial charge in [0.2, 0.25) is 5.82 Å². The summed E-state index contributed by atoms with van der Waals surface area (Å²) >= 11 is 0. The Bertz CT molecular complexity index is 520. The van der Waals surface area contributed by atoms with Crippen LogP contribution in [-0.4, -0.2) is 33.8 Å². The average Bonchev–Trinajstić information content (AvgIpc) is 2.61. The van der Waals surface area contributed by atoms with Gasteiger partial charge in [0.25, 0.3) is 0 Å². The summed E-state index contributed by atoms with van der Waals surface area (Å²) in [6.07, 6.45) is 3.62. The molecule has 1 aromatic rings. The molecule has 1 atom stereocenters. The van der Waals surface area contributed by atoms with Crippen molar-refractivity contribution in [3.63, 3.8) is 0 Å². The zero-order valence-electron chi connectivity index (χ0n) is 10.6.